The molecule has 9 heteroatoms. The first kappa shape index (κ1) is 22.2. The highest BCUT2D eigenvalue weighted by Gasteiger charge is 2.39. The van der Waals surface area contributed by atoms with Crippen molar-refractivity contribution in [3.05, 3.63) is 71.7 Å². The summed E-state index contributed by atoms with van der Waals surface area (Å²) in [6, 6.07) is 15.1. The van der Waals surface area contributed by atoms with E-state index in [9.17, 15) is 18.6 Å². The lowest BCUT2D eigenvalue weighted by Gasteiger charge is -2.25. The predicted octanol–water partition coefficient (Wildman–Crippen LogP) is 3.82. The number of hydrogen-bond acceptors (Lipinski definition) is 5. The standard InChI is InChI=1S/C21H28N2O5SSi/c1-30(2,3)12-11-22-21(25)14-23(29(22,26)27)19-10-9-18(15-24)13-20(19)28-16-17-7-5-4-6-8-17/h4-10,13-14,24-25H,11-12,15-16H2,1-3H3. The van der Waals surface area contributed by atoms with Crippen LogP contribution in [0.15, 0.2) is 60.6 Å². The number of hydrogen-bond donors (Lipinski definition) is 2. The lowest BCUT2D eigenvalue weighted by atomic mass is 10.2. The molecule has 1 aliphatic heterocycles. The van der Waals surface area contributed by atoms with Gasteiger partial charge in [-0.15, -0.1) is 0 Å². The zero-order chi connectivity index (χ0) is 21.9. The molecule has 0 atom stereocenters. The molecule has 162 valence electrons. The number of rotatable bonds is 8. The summed E-state index contributed by atoms with van der Waals surface area (Å²) in [5, 5.41) is 19.8. The van der Waals surface area contributed by atoms with E-state index in [1.54, 1.807) is 18.2 Å². The largest absolute Gasteiger partial charge is 0.493 e. The molecule has 0 bridgehead atoms. The summed E-state index contributed by atoms with van der Waals surface area (Å²) in [6.07, 6.45) is 1.20. The second-order valence-corrected chi connectivity index (χ2v) is 15.8. The molecule has 2 N–H and O–H groups in total. The Balaban J connectivity index is 1.90. The molecule has 0 saturated carbocycles. The zero-order valence-electron chi connectivity index (χ0n) is 17.4. The Labute approximate surface area is 179 Å². The lowest BCUT2D eigenvalue weighted by molar-refractivity contribution is 0.278. The highest BCUT2D eigenvalue weighted by Crippen LogP contribution is 2.37. The van der Waals surface area contributed by atoms with Crippen molar-refractivity contribution in [2.75, 3.05) is 10.8 Å². The van der Waals surface area contributed by atoms with Crippen molar-refractivity contribution < 1.29 is 23.4 Å². The van der Waals surface area contributed by atoms with Crippen molar-refractivity contribution in [2.45, 2.75) is 38.9 Å². The number of ether oxygens (including phenoxy) is 1. The minimum absolute atomic E-state index is 0.196. The molecule has 1 aliphatic rings. The smallest absolute Gasteiger partial charge is 0.332 e. The first-order chi connectivity index (χ1) is 14.1. The van der Waals surface area contributed by atoms with Crippen molar-refractivity contribution in [2.24, 2.45) is 0 Å². The highest BCUT2D eigenvalue weighted by molar-refractivity contribution is 7.91. The van der Waals surface area contributed by atoms with Gasteiger partial charge in [-0.05, 0) is 29.3 Å². The maximum absolute atomic E-state index is 13.2. The van der Waals surface area contributed by atoms with E-state index in [0.29, 0.717) is 11.3 Å². The van der Waals surface area contributed by atoms with Gasteiger partial charge in [-0.2, -0.15) is 8.42 Å². The molecular formula is C21H28N2O5SSi. The molecule has 2 aromatic carbocycles. The van der Waals surface area contributed by atoms with Crippen molar-refractivity contribution in [3.63, 3.8) is 0 Å². The van der Waals surface area contributed by atoms with Gasteiger partial charge in [0.1, 0.15) is 18.0 Å². The van der Waals surface area contributed by atoms with E-state index in [0.717, 1.165) is 20.2 Å². The van der Waals surface area contributed by atoms with Crippen LogP contribution in [0.3, 0.4) is 0 Å². The van der Waals surface area contributed by atoms with Gasteiger partial charge in [0.05, 0.1) is 12.8 Å². The minimum atomic E-state index is -3.97. The second kappa shape index (κ2) is 8.71. The number of aliphatic hydroxyl groups excluding tert-OH is 2. The third-order valence-corrected chi connectivity index (χ3v) is 8.21. The van der Waals surface area contributed by atoms with Gasteiger partial charge in [0.25, 0.3) is 0 Å². The van der Waals surface area contributed by atoms with Gasteiger partial charge in [0.2, 0.25) is 5.88 Å². The number of anilines is 1. The van der Waals surface area contributed by atoms with Gasteiger partial charge in [-0.25, -0.2) is 8.61 Å². The Hall–Kier alpha value is -2.49. The molecule has 0 aromatic heterocycles. The van der Waals surface area contributed by atoms with Crippen LogP contribution in [0, 0.1) is 0 Å². The number of aliphatic hydroxyl groups is 2. The molecule has 2 aromatic rings. The summed E-state index contributed by atoms with van der Waals surface area (Å²) in [7, 11) is -5.48. The molecule has 30 heavy (non-hydrogen) atoms. The average molecular weight is 449 g/mol. The van der Waals surface area contributed by atoms with Crippen LogP contribution < -0.4 is 9.04 Å². The number of nitrogens with zero attached hydrogens (tertiary/aromatic N) is 2. The second-order valence-electron chi connectivity index (χ2n) is 8.41. The van der Waals surface area contributed by atoms with E-state index in [-0.39, 0.29) is 31.3 Å². The van der Waals surface area contributed by atoms with E-state index in [2.05, 4.69) is 19.6 Å². The monoisotopic (exact) mass is 448 g/mol. The lowest BCUT2D eigenvalue weighted by Crippen LogP contribution is -2.37. The summed E-state index contributed by atoms with van der Waals surface area (Å²) < 4.78 is 34.3. The molecule has 7 nitrogen and oxygen atoms in total. The first-order valence-corrected chi connectivity index (χ1v) is 14.9. The molecular weight excluding hydrogens is 420 g/mol. The Kier molecular flexibility index (Phi) is 6.44. The molecule has 0 radical (unpaired) electrons. The van der Waals surface area contributed by atoms with Crippen LogP contribution in [0.4, 0.5) is 5.69 Å². The predicted molar refractivity (Wildman–Crippen MR) is 120 cm³/mol. The van der Waals surface area contributed by atoms with E-state index < -0.39 is 18.3 Å². The SMILES string of the molecule is C[Si](C)(C)CCN1C(O)=CN(c2ccc(CO)cc2OCc2ccccc2)S1(=O)=O. The maximum atomic E-state index is 13.2. The van der Waals surface area contributed by atoms with Crippen LogP contribution in [0.2, 0.25) is 25.7 Å². The fourth-order valence-electron chi connectivity index (χ4n) is 3.01. The molecule has 1 heterocycles. The van der Waals surface area contributed by atoms with E-state index in [4.69, 9.17) is 4.74 Å². The van der Waals surface area contributed by atoms with Crippen molar-refractivity contribution in [1.82, 2.24) is 4.31 Å². The van der Waals surface area contributed by atoms with Gasteiger partial charge in [-0.3, -0.25) is 0 Å². The fourth-order valence-corrected chi connectivity index (χ4v) is 5.51. The Bertz CT molecular complexity index is 1020. The Morgan fingerprint density at radius 2 is 1.73 bits per heavy atom. The maximum Gasteiger partial charge on any atom is 0.332 e. The Morgan fingerprint density at radius 3 is 2.37 bits per heavy atom. The van der Waals surface area contributed by atoms with Crippen LogP contribution in [-0.4, -0.2) is 37.6 Å². The summed E-state index contributed by atoms with van der Waals surface area (Å²) in [4.78, 5) is 0. The molecule has 0 amide bonds. The average Bonchev–Trinajstić information content (AvgIpc) is 2.92. The van der Waals surface area contributed by atoms with Crippen molar-refractivity contribution >= 4 is 24.0 Å². The molecule has 0 spiro atoms. The van der Waals surface area contributed by atoms with E-state index in [1.165, 1.54) is 6.20 Å². The topological polar surface area (TPSA) is 90.3 Å². The summed E-state index contributed by atoms with van der Waals surface area (Å²) in [6.45, 7) is 6.72. The van der Waals surface area contributed by atoms with Gasteiger partial charge in [0, 0.05) is 14.6 Å². The van der Waals surface area contributed by atoms with Crippen LogP contribution in [0.5, 0.6) is 5.75 Å². The van der Waals surface area contributed by atoms with Crippen LogP contribution in [-0.2, 0) is 23.4 Å². The summed E-state index contributed by atoms with van der Waals surface area (Å²) in [5.41, 5.74) is 1.81. The molecule has 3 rings (SSSR count). The third-order valence-electron chi connectivity index (χ3n) is 4.76. The van der Waals surface area contributed by atoms with Crippen LogP contribution in [0.1, 0.15) is 11.1 Å². The Morgan fingerprint density at radius 1 is 1.03 bits per heavy atom. The van der Waals surface area contributed by atoms with Crippen LogP contribution >= 0.6 is 0 Å². The molecule has 0 unspecified atom stereocenters. The molecule has 0 saturated heterocycles. The zero-order valence-corrected chi connectivity index (χ0v) is 19.3. The van der Waals surface area contributed by atoms with Gasteiger partial charge in [0.15, 0.2) is 0 Å². The number of benzene rings is 2. The normalized spacial score (nSPS) is 15.9. The fraction of sp³-hybridized carbons (Fsp3) is 0.333. The third kappa shape index (κ3) is 4.97. The summed E-state index contributed by atoms with van der Waals surface area (Å²) >= 11 is 0. The van der Waals surface area contributed by atoms with Crippen LogP contribution in [0.25, 0.3) is 0 Å². The molecule has 0 aliphatic carbocycles. The molecule has 0 fully saturated rings. The van der Waals surface area contributed by atoms with E-state index in [1.807, 2.05) is 30.3 Å². The quantitative estimate of drug-likeness (QED) is 0.599. The minimum Gasteiger partial charge on any atom is -0.493 e. The van der Waals surface area contributed by atoms with E-state index >= 15 is 0 Å². The summed E-state index contributed by atoms with van der Waals surface area (Å²) in [5.74, 6) is -0.00133. The van der Waals surface area contributed by atoms with Gasteiger partial charge >= 0.3 is 10.2 Å². The highest BCUT2D eigenvalue weighted by atomic mass is 32.2. The van der Waals surface area contributed by atoms with Gasteiger partial charge in [-0.1, -0.05) is 56.0 Å². The van der Waals surface area contributed by atoms with Gasteiger partial charge < -0.3 is 14.9 Å². The first-order valence-electron chi connectivity index (χ1n) is 9.75. The van der Waals surface area contributed by atoms with Crippen molar-refractivity contribution in [1.29, 1.82) is 0 Å². The van der Waals surface area contributed by atoms with Crippen molar-refractivity contribution in [3.8, 4) is 5.75 Å².